The van der Waals surface area contributed by atoms with Gasteiger partial charge in [-0.1, -0.05) is 23.7 Å². The molecule has 0 amide bonds. The van der Waals surface area contributed by atoms with E-state index in [0.29, 0.717) is 18.2 Å². The van der Waals surface area contributed by atoms with Crippen LogP contribution in [0.15, 0.2) is 52.9 Å². The first-order chi connectivity index (χ1) is 16.8. The van der Waals surface area contributed by atoms with Crippen LogP contribution in [-0.2, 0) is 10.0 Å². The van der Waals surface area contributed by atoms with Crippen molar-refractivity contribution in [1.82, 2.24) is 9.88 Å². The average Bonchev–Trinajstić information content (AvgIpc) is 3.55. The molecule has 2 saturated heterocycles. The van der Waals surface area contributed by atoms with Crippen LogP contribution in [0, 0.1) is 5.82 Å². The van der Waals surface area contributed by atoms with Gasteiger partial charge in [0.2, 0.25) is 0 Å². The van der Waals surface area contributed by atoms with E-state index in [4.69, 9.17) is 16.3 Å². The van der Waals surface area contributed by atoms with Crippen LogP contribution >= 0.6 is 22.9 Å². The highest BCUT2D eigenvalue weighted by molar-refractivity contribution is 7.93. The molecular formula is C24H26ClFN4O3S2. The van der Waals surface area contributed by atoms with Crippen LogP contribution in [0.25, 0.3) is 0 Å². The molecule has 0 spiro atoms. The number of nitrogens with one attached hydrogen (secondary N) is 2. The Balaban J connectivity index is 1.31. The van der Waals surface area contributed by atoms with Crippen molar-refractivity contribution in [2.24, 2.45) is 0 Å². The summed E-state index contributed by atoms with van der Waals surface area (Å²) in [6.45, 7) is 2.59. The van der Waals surface area contributed by atoms with Gasteiger partial charge in [0.25, 0.3) is 10.0 Å². The molecule has 2 aromatic carbocycles. The second kappa shape index (κ2) is 9.57. The Morgan fingerprint density at radius 2 is 2.11 bits per heavy atom. The molecule has 0 aliphatic carbocycles. The molecule has 2 aliphatic heterocycles. The maximum Gasteiger partial charge on any atom is 0.266 e. The first-order valence-electron chi connectivity index (χ1n) is 11.3. The van der Waals surface area contributed by atoms with E-state index in [0.717, 1.165) is 61.6 Å². The zero-order valence-electron chi connectivity index (χ0n) is 19.1. The number of sulfonamides is 1. The summed E-state index contributed by atoms with van der Waals surface area (Å²) in [6, 6.07) is 10.5. The van der Waals surface area contributed by atoms with Crippen molar-refractivity contribution in [3.63, 3.8) is 0 Å². The second-order valence-corrected chi connectivity index (χ2v) is 12.0. The fraction of sp³-hybridized carbons (Fsp3) is 0.375. The van der Waals surface area contributed by atoms with E-state index in [9.17, 15) is 12.8 Å². The molecule has 1 aromatic heterocycles. The topological polar surface area (TPSA) is 83.6 Å². The van der Waals surface area contributed by atoms with Crippen LogP contribution in [0.2, 0.25) is 5.02 Å². The average molecular weight is 537 g/mol. The Bertz CT molecular complexity index is 1310. The number of rotatable bonds is 8. The summed E-state index contributed by atoms with van der Waals surface area (Å²) < 4.78 is 47.7. The highest BCUT2D eigenvalue weighted by Crippen LogP contribution is 2.46. The highest BCUT2D eigenvalue weighted by Gasteiger charge is 2.48. The van der Waals surface area contributed by atoms with Crippen LogP contribution in [-0.4, -0.2) is 50.6 Å². The van der Waals surface area contributed by atoms with Crippen molar-refractivity contribution in [2.45, 2.75) is 35.6 Å². The SMILES string of the molecule is COc1ccc([C@H]2CN3CCC[C@@]3(CNc3cc(F)c(S(=O)(=O)Nc4nccs4)cc3Cl)C2)cc1. The molecule has 3 aromatic rings. The first kappa shape index (κ1) is 24.3. The van der Waals surface area contributed by atoms with Crippen molar-refractivity contribution >= 4 is 43.8 Å². The van der Waals surface area contributed by atoms with E-state index < -0.39 is 20.7 Å². The molecule has 2 aliphatic rings. The summed E-state index contributed by atoms with van der Waals surface area (Å²) >= 11 is 7.52. The van der Waals surface area contributed by atoms with Crippen molar-refractivity contribution < 1.29 is 17.5 Å². The summed E-state index contributed by atoms with van der Waals surface area (Å²) in [7, 11) is -2.49. The zero-order valence-corrected chi connectivity index (χ0v) is 21.5. The van der Waals surface area contributed by atoms with Gasteiger partial charge in [-0.05, 0) is 61.6 Å². The van der Waals surface area contributed by atoms with Crippen molar-refractivity contribution in [2.75, 3.05) is 36.8 Å². The van der Waals surface area contributed by atoms with E-state index in [-0.39, 0.29) is 15.7 Å². The quantitative estimate of drug-likeness (QED) is 0.413. The zero-order chi connectivity index (χ0) is 24.6. The van der Waals surface area contributed by atoms with Gasteiger partial charge >= 0.3 is 0 Å². The van der Waals surface area contributed by atoms with Gasteiger partial charge in [0, 0.05) is 30.2 Å². The van der Waals surface area contributed by atoms with Gasteiger partial charge in [0.1, 0.15) is 16.5 Å². The van der Waals surface area contributed by atoms with Gasteiger partial charge in [-0.3, -0.25) is 9.62 Å². The normalized spacial score (nSPS) is 22.2. The third-order valence-corrected chi connectivity index (χ3v) is 9.45. The van der Waals surface area contributed by atoms with Gasteiger partial charge < -0.3 is 10.1 Å². The van der Waals surface area contributed by atoms with Crippen LogP contribution in [0.1, 0.15) is 30.7 Å². The molecule has 35 heavy (non-hydrogen) atoms. The highest BCUT2D eigenvalue weighted by atomic mass is 35.5. The summed E-state index contributed by atoms with van der Waals surface area (Å²) in [5.41, 5.74) is 1.61. The molecule has 2 atom stereocenters. The third-order valence-electron chi connectivity index (χ3n) is 6.97. The molecule has 5 rings (SSSR count). The summed E-state index contributed by atoms with van der Waals surface area (Å²) in [5, 5.41) is 5.25. The number of benzene rings is 2. The monoisotopic (exact) mass is 536 g/mol. The lowest BCUT2D eigenvalue weighted by Crippen LogP contribution is -2.44. The smallest absolute Gasteiger partial charge is 0.266 e. The van der Waals surface area contributed by atoms with E-state index in [1.165, 1.54) is 11.8 Å². The molecular weight excluding hydrogens is 511 g/mol. The predicted molar refractivity (Wildman–Crippen MR) is 137 cm³/mol. The molecule has 2 fully saturated rings. The molecule has 0 bridgehead atoms. The number of hydrogen-bond acceptors (Lipinski definition) is 7. The lowest BCUT2D eigenvalue weighted by Gasteiger charge is -2.32. The number of thiazole rings is 1. The van der Waals surface area contributed by atoms with Gasteiger partial charge in [-0.2, -0.15) is 0 Å². The number of halogens is 2. The van der Waals surface area contributed by atoms with Crippen LogP contribution in [0.5, 0.6) is 5.75 Å². The van der Waals surface area contributed by atoms with Crippen molar-refractivity contribution in [3.8, 4) is 5.75 Å². The number of aromatic nitrogens is 1. The fourth-order valence-electron chi connectivity index (χ4n) is 5.24. The minimum Gasteiger partial charge on any atom is -0.497 e. The van der Waals surface area contributed by atoms with E-state index in [1.807, 2.05) is 12.1 Å². The molecule has 11 heteroatoms. The lowest BCUT2D eigenvalue weighted by molar-refractivity contribution is 0.209. The summed E-state index contributed by atoms with van der Waals surface area (Å²) in [5.74, 6) is 0.372. The van der Waals surface area contributed by atoms with Gasteiger partial charge in [-0.15, -0.1) is 11.3 Å². The molecule has 0 unspecified atom stereocenters. The first-order valence-corrected chi connectivity index (χ1v) is 14.1. The Labute approximate surface area is 213 Å². The third kappa shape index (κ3) is 4.84. The maximum absolute atomic E-state index is 14.9. The van der Waals surface area contributed by atoms with Crippen LogP contribution < -0.4 is 14.8 Å². The van der Waals surface area contributed by atoms with Crippen LogP contribution in [0.4, 0.5) is 15.2 Å². The fourth-order valence-corrected chi connectivity index (χ4v) is 7.42. The Morgan fingerprint density at radius 1 is 1.31 bits per heavy atom. The second-order valence-electron chi connectivity index (χ2n) is 9.01. The van der Waals surface area contributed by atoms with Crippen molar-refractivity contribution in [1.29, 1.82) is 0 Å². The lowest BCUT2D eigenvalue weighted by atomic mass is 9.86. The molecule has 0 saturated carbocycles. The Hall–Kier alpha value is -2.40. The summed E-state index contributed by atoms with van der Waals surface area (Å²) in [4.78, 5) is 5.89. The van der Waals surface area contributed by atoms with E-state index >= 15 is 0 Å². The molecule has 186 valence electrons. The van der Waals surface area contributed by atoms with Gasteiger partial charge in [-0.25, -0.2) is 17.8 Å². The summed E-state index contributed by atoms with van der Waals surface area (Å²) in [6.07, 6.45) is 4.60. The number of fused-ring (bicyclic) bond motifs is 1. The molecule has 3 heterocycles. The number of nitrogens with zero attached hydrogens (tertiary/aromatic N) is 2. The maximum atomic E-state index is 14.9. The largest absolute Gasteiger partial charge is 0.497 e. The minimum atomic E-state index is -4.15. The molecule has 2 N–H and O–H groups in total. The molecule has 7 nitrogen and oxygen atoms in total. The van der Waals surface area contributed by atoms with E-state index in [2.05, 4.69) is 32.1 Å². The number of hydrogen-bond donors (Lipinski definition) is 2. The van der Waals surface area contributed by atoms with Crippen LogP contribution in [0.3, 0.4) is 0 Å². The molecule has 0 radical (unpaired) electrons. The number of methoxy groups -OCH3 is 1. The Kier molecular flexibility index (Phi) is 6.65. The standard InChI is InChI=1S/C24H26ClFN4O3S2/c1-33-18-5-3-16(4-6-18)17-13-24(7-2-9-30(24)14-17)15-28-21-12-20(26)22(11-19(21)25)35(31,32)29-23-27-8-10-34-23/h3-6,8,10-12,17,28H,2,7,9,13-15H2,1H3,(H,27,29)/t17-,24+/m1/s1. The predicted octanol–water partition coefficient (Wildman–Crippen LogP) is 5.18. The minimum absolute atomic E-state index is 0.0540. The van der Waals surface area contributed by atoms with Crippen molar-refractivity contribution in [3.05, 3.63) is 64.4 Å². The Morgan fingerprint density at radius 3 is 2.83 bits per heavy atom. The number of ether oxygens (including phenoxy) is 1. The number of anilines is 2. The van der Waals surface area contributed by atoms with E-state index in [1.54, 1.807) is 12.5 Å². The van der Waals surface area contributed by atoms with Gasteiger partial charge in [0.15, 0.2) is 5.13 Å². The van der Waals surface area contributed by atoms with Gasteiger partial charge in [0.05, 0.1) is 17.8 Å².